The van der Waals surface area contributed by atoms with Crippen molar-refractivity contribution in [3.05, 3.63) is 95.7 Å². The average Bonchev–Trinajstić information content (AvgIpc) is 3.84. The maximum Gasteiger partial charge on any atom is 0.223 e. The summed E-state index contributed by atoms with van der Waals surface area (Å²) in [6, 6.07) is 17.5. The van der Waals surface area contributed by atoms with E-state index in [4.69, 9.17) is 0 Å². The number of fused-ring (bicyclic) bond motifs is 4. The van der Waals surface area contributed by atoms with E-state index in [1.54, 1.807) is 0 Å². The number of nitrogens with one attached hydrogen (secondary N) is 2. The summed E-state index contributed by atoms with van der Waals surface area (Å²) < 4.78 is 2.33. The molecule has 0 spiro atoms. The number of allylic oxidation sites excluding steroid dienone is 6. The van der Waals surface area contributed by atoms with Crippen LogP contribution in [0.4, 0.5) is 11.4 Å². The number of unbranched alkanes of at least 4 members (excludes halogenated alkanes) is 5. The van der Waals surface area contributed by atoms with E-state index in [1.807, 2.05) is 0 Å². The number of carbonyl (C=O) groups is 2. The lowest BCUT2D eigenvalue weighted by Crippen LogP contribution is -2.33. The van der Waals surface area contributed by atoms with Crippen LogP contribution in [0.25, 0.3) is 0 Å². The Labute approximate surface area is 300 Å². The van der Waals surface area contributed by atoms with Crippen molar-refractivity contribution in [2.45, 2.75) is 103 Å². The molecule has 266 valence electrons. The first-order valence-corrected chi connectivity index (χ1v) is 19.3. The molecule has 3 unspecified atom stereocenters. The number of para-hydroxylation sites is 2. The Kier molecular flexibility index (Phi) is 11.1. The number of rotatable bonds is 16. The summed E-state index contributed by atoms with van der Waals surface area (Å²) in [7, 11) is 2.17. The smallest absolute Gasteiger partial charge is 0.223 e. The number of hydrogen-bond acceptors (Lipinski definition) is 3. The molecule has 2 N–H and O–H groups in total. The van der Waals surface area contributed by atoms with E-state index in [9.17, 15) is 9.59 Å². The van der Waals surface area contributed by atoms with Gasteiger partial charge in [0.25, 0.3) is 0 Å². The highest BCUT2D eigenvalue weighted by molar-refractivity contribution is 6.03. The predicted molar refractivity (Wildman–Crippen MR) is 206 cm³/mol. The molecule has 2 aromatic carbocycles. The molecule has 0 saturated heterocycles. The molecule has 2 heterocycles. The number of hydrogen-bond donors (Lipinski definition) is 2. The van der Waals surface area contributed by atoms with E-state index in [1.165, 1.54) is 40.3 Å². The van der Waals surface area contributed by atoms with Crippen LogP contribution in [0.3, 0.4) is 0 Å². The Morgan fingerprint density at radius 1 is 0.820 bits per heavy atom. The molecule has 6 heteroatoms. The van der Waals surface area contributed by atoms with Crippen molar-refractivity contribution in [3.8, 4) is 0 Å². The number of anilines is 1. The van der Waals surface area contributed by atoms with Gasteiger partial charge in [0.1, 0.15) is 7.05 Å². The summed E-state index contributed by atoms with van der Waals surface area (Å²) in [5.41, 5.74) is 7.81. The maximum atomic E-state index is 12.5. The normalized spacial score (nSPS) is 23.3. The fourth-order valence-corrected chi connectivity index (χ4v) is 8.99. The second kappa shape index (κ2) is 15.5. The quantitative estimate of drug-likeness (QED) is 0.107. The van der Waals surface area contributed by atoms with Gasteiger partial charge in [0.15, 0.2) is 5.71 Å². The standard InChI is InChI=1S/C44H58N4O2/c1-43(2)35-18-10-12-20-37(35)47(5)39(43)22-17-23-40-44(3,4)36-19-11-13-21-38(36)48(40)29-16-8-9-24-41(49)45-27-14-6-7-15-28-46-42(50)34-31-32-25-26-33(34)30-32/h10-13,17-23,25-26,32-34H,6-9,14-16,24,27-31H2,1-5H3,(H-,45,46,49,50)/p+1. The van der Waals surface area contributed by atoms with Crippen LogP contribution < -0.4 is 15.5 Å². The molecule has 2 aromatic rings. The Bertz CT molecular complexity index is 1680. The van der Waals surface area contributed by atoms with Crippen LogP contribution in [0.15, 0.2) is 84.6 Å². The lowest BCUT2D eigenvalue weighted by atomic mass is 9.81. The van der Waals surface area contributed by atoms with E-state index < -0.39 is 0 Å². The molecule has 1 saturated carbocycles. The molecule has 1 fully saturated rings. The molecular weight excluding hydrogens is 617 g/mol. The number of carbonyl (C=O) groups excluding carboxylic acids is 2. The van der Waals surface area contributed by atoms with Gasteiger partial charge in [-0.1, -0.05) is 87.7 Å². The molecule has 6 nitrogen and oxygen atoms in total. The Morgan fingerprint density at radius 2 is 1.52 bits per heavy atom. The van der Waals surface area contributed by atoms with Crippen LogP contribution in [-0.2, 0) is 20.4 Å². The van der Waals surface area contributed by atoms with Crippen molar-refractivity contribution in [2.75, 3.05) is 31.6 Å². The molecule has 2 bridgehead atoms. The fraction of sp³-hybridized carbons (Fsp3) is 0.523. The molecule has 50 heavy (non-hydrogen) atoms. The van der Waals surface area contributed by atoms with Gasteiger partial charge in [-0.05, 0) is 81.9 Å². The van der Waals surface area contributed by atoms with Gasteiger partial charge < -0.3 is 15.5 Å². The molecular formula is C44H59N4O2+. The number of nitrogens with zero attached hydrogens (tertiary/aromatic N) is 2. The van der Waals surface area contributed by atoms with Crippen LogP contribution in [0.5, 0.6) is 0 Å². The molecule has 3 atom stereocenters. The Morgan fingerprint density at radius 3 is 2.24 bits per heavy atom. The van der Waals surface area contributed by atoms with E-state index >= 15 is 0 Å². The zero-order valence-corrected chi connectivity index (χ0v) is 31.1. The van der Waals surface area contributed by atoms with E-state index in [0.717, 1.165) is 71.0 Å². The monoisotopic (exact) mass is 675 g/mol. The highest BCUT2D eigenvalue weighted by Crippen LogP contribution is 2.48. The van der Waals surface area contributed by atoms with Crippen LogP contribution >= 0.6 is 0 Å². The lowest BCUT2D eigenvalue weighted by molar-refractivity contribution is -0.401. The van der Waals surface area contributed by atoms with E-state index in [-0.39, 0.29) is 28.6 Å². The minimum absolute atomic E-state index is 0.0486. The van der Waals surface area contributed by atoms with Gasteiger partial charge in [0.05, 0.1) is 5.41 Å². The average molecular weight is 676 g/mol. The lowest BCUT2D eigenvalue weighted by Gasteiger charge is -2.27. The van der Waals surface area contributed by atoms with Crippen molar-refractivity contribution in [2.24, 2.45) is 17.8 Å². The molecule has 0 aromatic heterocycles. The molecule has 4 aliphatic rings. The topological polar surface area (TPSA) is 64.5 Å². The summed E-state index contributed by atoms with van der Waals surface area (Å²) >= 11 is 0. The van der Waals surface area contributed by atoms with Crippen molar-refractivity contribution >= 4 is 28.9 Å². The highest BCUT2D eigenvalue weighted by Gasteiger charge is 2.43. The molecule has 6 rings (SSSR count). The molecule has 2 aliphatic carbocycles. The minimum atomic E-state index is -0.0908. The maximum absolute atomic E-state index is 12.5. The van der Waals surface area contributed by atoms with Gasteiger partial charge in [0, 0.05) is 66.5 Å². The van der Waals surface area contributed by atoms with Crippen molar-refractivity contribution < 1.29 is 14.2 Å². The van der Waals surface area contributed by atoms with Crippen molar-refractivity contribution in [1.82, 2.24) is 10.6 Å². The minimum Gasteiger partial charge on any atom is -0.356 e. The van der Waals surface area contributed by atoms with Gasteiger partial charge in [0.2, 0.25) is 17.5 Å². The molecule has 2 amide bonds. The Hall–Kier alpha value is -3.93. The van der Waals surface area contributed by atoms with Crippen LogP contribution in [0, 0.1) is 17.8 Å². The van der Waals surface area contributed by atoms with Gasteiger partial charge in [-0.25, -0.2) is 0 Å². The zero-order chi connectivity index (χ0) is 35.3. The van der Waals surface area contributed by atoms with Gasteiger partial charge in [-0.3, -0.25) is 9.59 Å². The largest absolute Gasteiger partial charge is 0.356 e. The Balaban J connectivity index is 0.909. The highest BCUT2D eigenvalue weighted by atomic mass is 16.2. The summed E-state index contributed by atoms with van der Waals surface area (Å²) in [4.78, 5) is 27.5. The number of benzene rings is 2. The van der Waals surface area contributed by atoms with Gasteiger partial charge >= 0.3 is 0 Å². The summed E-state index contributed by atoms with van der Waals surface area (Å²) in [5, 5.41) is 6.27. The third-order valence-electron chi connectivity index (χ3n) is 11.9. The first-order chi connectivity index (χ1) is 24.1. The van der Waals surface area contributed by atoms with E-state index in [0.29, 0.717) is 18.3 Å². The predicted octanol–water partition coefficient (Wildman–Crippen LogP) is 8.50. The first-order valence-electron chi connectivity index (χ1n) is 19.3. The molecule has 0 radical (unpaired) electrons. The van der Waals surface area contributed by atoms with Crippen LogP contribution in [-0.4, -0.2) is 48.8 Å². The third kappa shape index (κ3) is 7.55. The second-order valence-electron chi connectivity index (χ2n) is 16.0. The zero-order valence-electron chi connectivity index (χ0n) is 31.1. The summed E-state index contributed by atoms with van der Waals surface area (Å²) in [6.07, 6.45) is 21.3. The van der Waals surface area contributed by atoms with Gasteiger partial charge in [-0.2, -0.15) is 4.58 Å². The summed E-state index contributed by atoms with van der Waals surface area (Å²) in [6.45, 7) is 11.7. The van der Waals surface area contributed by atoms with Crippen LogP contribution in [0.1, 0.15) is 103 Å². The molecule has 2 aliphatic heterocycles. The van der Waals surface area contributed by atoms with Gasteiger partial charge in [-0.15, -0.1) is 0 Å². The second-order valence-corrected chi connectivity index (χ2v) is 16.0. The number of amides is 2. The van der Waals surface area contributed by atoms with Crippen LogP contribution in [0.2, 0.25) is 0 Å². The summed E-state index contributed by atoms with van der Waals surface area (Å²) in [5.74, 6) is 1.71. The SMILES string of the molecule is C[N+]1=C(C=CC=C2N(CCCCCC(=O)NCCCCCCNC(=O)C3CC4C=CC3C4)c3ccccc3C2(C)C)C(C)(C)c2ccccc21. The first kappa shape index (κ1) is 35.9. The fourth-order valence-electron chi connectivity index (χ4n) is 8.99. The third-order valence-corrected chi connectivity index (χ3v) is 11.9. The van der Waals surface area contributed by atoms with Crippen molar-refractivity contribution in [1.29, 1.82) is 0 Å². The van der Waals surface area contributed by atoms with Crippen molar-refractivity contribution in [3.63, 3.8) is 0 Å². The van der Waals surface area contributed by atoms with E-state index in [2.05, 4.69) is 134 Å².